The summed E-state index contributed by atoms with van der Waals surface area (Å²) in [6, 6.07) is 3.94. The van der Waals surface area contributed by atoms with Gasteiger partial charge in [-0.2, -0.15) is 0 Å². The van der Waals surface area contributed by atoms with Crippen molar-refractivity contribution in [2.45, 2.75) is 44.7 Å². The summed E-state index contributed by atoms with van der Waals surface area (Å²) in [5, 5.41) is 0. The first kappa shape index (κ1) is 18.7. The van der Waals surface area contributed by atoms with Crippen LogP contribution in [-0.4, -0.2) is 55.3 Å². The Morgan fingerprint density at radius 2 is 2.07 bits per heavy atom. The third-order valence-electron chi connectivity index (χ3n) is 5.95. The van der Waals surface area contributed by atoms with E-state index >= 15 is 0 Å². The van der Waals surface area contributed by atoms with Crippen LogP contribution < -0.4 is 0 Å². The number of nitrogens with zero attached hydrogens (tertiary/aromatic N) is 5. The van der Waals surface area contributed by atoms with Crippen molar-refractivity contribution in [3.8, 4) is 0 Å². The zero-order chi connectivity index (χ0) is 19.5. The van der Waals surface area contributed by atoms with Crippen LogP contribution in [0.4, 0.5) is 0 Å². The lowest BCUT2D eigenvalue weighted by Crippen LogP contribution is -2.53. The molecule has 1 unspecified atom stereocenters. The molecule has 2 aromatic heterocycles. The molecule has 1 saturated carbocycles. The van der Waals surface area contributed by atoms with Gasteiger partial charge in [-0.1, -0.05) is 12.5 Å². The Morgan fingerprint density at radius 1 is 1.21 bits per heavy atom. The minimum Gasteiger partial charge on any atom is -0.334 e. The molecule has 148 valence electrons. The Labute approximate surface area is 165 Å². The lowest BCUT2D eigenvalue weighted by molar-refractivity contribution is -0.142. The molecule has 2 aliphatic rings. The molecule has 1 aliphatic heterocycles. The third-order valence-corrected chi connectivity index (χ3v) is 5.95. The first-order valence-electron chi connectivity index (χ1n) is 10.1. The molecule has 0 radical (unpaired) electrons. The number of aromatic nitrogens is 3. The minimum atomic E-state index is -0.0605. The summed E-state index contributed by atoms with van der Waals surface area (Å²) in [5.74, 6) is 0.753. The molecule has 0 N–H and O–H groups in total. The van der Waals surface area contributed by atoms with Crippen LogP contribution in [0.1, 0.15) is 48.3 Å². The average molecular weight is 381 g/mol. The number of hydrogen-bond donors (Lipinski definition) is 0. The van der Waals surface area contributed by atoms with Gasteiger partial charge in [0, 0.05) is 63.4 Å². The largest absolute Gasteiger partial charge is 0.334 e. The van der Waals surface area contributed by atoms with Crippen molar-refractivity contribution in [3.05, 3.63) is 48.3 Å². The van der Waals surface area contributed by atoms with Gasteiger partial charge in [-0.25, -0.2) is 4.98 Å². The van der Waals surface area contributed by atoms with E-state index in [1.807, 2.05) is 35.2 Å². The third kappa shape index (κ3) is 3.79. The van der Waals surface area contributed by atoms with E-state index in [-0.39, 0.29) is 23.8 Å². The molecular weight excluding hydrogens is 354 g/mol. The molecular formula is C21H27N5O2. The summed E-state index contributed by atoms with van der Waals surface area (Å²) >= 11 is 0. The van der Waals surface area contributed by atoms with E-state index < -0.39 is 0 Å². The summed E-state index contributed by atoms with van der Waals surface area (Å²) in [4.78, 5) is 38.3. The second kappa shape index (κ2) is 8.12. The molecule has 0 aromatic carbocycles. The van der Waals surface area contributed by atoms with Gasteiger partial charge in [-0.05, 0) is 37.3 Å². The first-order valence-corrected chi connectivity index (χ1v) is 10.1. The predicted octanol–water partition coefficient (Wildman–Crippen LogP) is 2.25. The van der Waals surface area contributed by atoms with Crippen LogP contribution in [0.3, 0.4) is 0 Å². The molecule has 3 heterocycles. The Hall–Kier alpha value is -2.70. The van der Waals surface area contributed by atoms with E-state index in [4.69, 9.17) is 0 Å². The second-order valence-corrected chi connectivity index (χ2v) is 7.86. The Morgan fingerprint density at radius 3 is 2.71 bits per heavy atom. The molecule has 2 fully saturated rings. The smallest absolute Gasteiger partial charge is 0.289 e. The summed E-state index contributed by atoms with van der Waals surface area (Å²) in [7, 11) is 1.83. The van der Waals surface area contributed by atoms with Crippen molar-refractivity contribution in [2.75, 3.05) is 13.1 Å². The van der Waals surface area contributed by atoms with Gasteiger partial charge >= 0.3 is 0 Å². The van der Waals surface area contributed by atoms with Crippen LogP contribution in [0.2, 0.25) is 0 Å². The Kier molecular flexibility index (Phi) is 5.41. The van der Waals surface area contributed by atoms with Crippen molar-refractivity contribution in [3.63, 3.8) is 0 Å². The quantitative estimate of drug-likeness (QED) is 0.796. The van der Waals surface area contributed by atoms with E-state index in [1.54, 1.807) is 23.2 Å². The van der Waals surface area contributed by atoms with Crippen LogP contribution in [0.5, 0.6) is 0 Å². The van der Waals surface area contributed by atoms with Crippen molar-refractivity contribution >= 4 is 11.8 Å². The maximum atomic E-state index is 13.2. The fourth-order valence-corrected chi connectivity index (χ4v) is 4.07. The molecule has 28 heavy (non-hydrogen) atoms. The summed E-state index contributed by atoms with van der Waals surface area (Å²) in [6.45, 7) is 1.82. The predicted molar refractivity (Wildman–Crippen MR) is 104 cm³/mol. The van der Waals surface area contributed by atoms with Gasteiger partial charge in [0.2, 0.25) is 5.91 Å². The van der Waals surface area contributed by atoms with E-state index in [0.717, 1.165) is 37.7 Å². The van der Waals surface area contributed by atoms with E-state index in [2.05, 4.69) is 9.97 Å². The molecule has 7 nitrogen and oxygen atoms in total. The molecule has 4 rings (SSSR count). The maximum absolute atomic E-state index is 13.2. The standard InChI is InChI=1S/C21H27N5O2/c1-24-12-10-23-19(24)21(28)25-11-4-8-18(15-25)26(20(27)17-6-2-7-17)14-16-5-3-9-22-13-16/h3,5,9-10,12-13,17-18H,2,4,6-8,11,14-15H2,1H3. The van der Waals surface area contributed by atoms with Crippen LogP contribution in [0.15, 0.2) is 36.9 Å². The molecule has 2 aromatic rings. The lowest BCUT2D eigenvalue weighted by atomic mass is 9.83. The van der Waals surface area contributed by atoms with Gasteiger partial charge in [0.05, 0.1) is 0 Å². The van der Waals surface area contributed by atoms with Crippen LogP contribution in [0, 0.1) is 5.92 Å². The fraction of sp³-hybridized carbons (Fsp3) is 0.524. The first-order chi connectivity index (χ1) is 13.6. The van der Waals surface area contributed by atoms with Crippen LogP contribution in [-0.2, 0) is 18.4 Å². The van der Waals surface area contributed by atoms with Crippen molar-refractivity contribution in [1.29, 1.82) is 0 Å². The Balaban J connectivity index is 1.52. The van der Waals surface area contributed by atoms with E-state index in [9.17, 15) is 9.59 Å². The molecule has 1 aliphatic carbocycles. The van der Waals surface area contributed by atoms with Crippen LogP contribution in [0.25, 0.3) is 0 Å². The number of amides is 2. The highest BCUT2D eigenvalue weighted by Crippen LogP contribution is 2.31. The van der Waals surface area contributed by atoms with Gasteiger partial charge in [0.25, 0.3) is 5.91 Å². The van der Waals surface area contributed by atoms with Gasteiger partial charge in [0.15, 0.2) is 5.82 Å². The summed E-state index contributed by atoms with van der Waals surface area (Å²) in [5.41, 5.74) is 1.03. The Bertz CT molecular complexity index is 830. The monoisotopic (exact) mass is 381 g/mol. The number of rotatable bonds is 5. The van der Waals surface area contributed by atoms with Crippen molar-refractivity contribution < 1.29 is 9.59 Å². The highest BCUT2D eigenvalue weighted by Gasteiger charge is 2.36. The zero-order valence-corrected chi connectivity index (χ0v) is 16.3. The minimum absolute atomic E-state index is 0.0336. The van der Waals surface area contributed by atoms with E-state index in [0.29, 0.717) is 25.5 Å². The fourth-order valence-electron chi connectivity index (χ4n) is 4.07. The van der Waals surface area contributed by atoms with Gasteiger partial charge in [0.1, 0.15) is 0 Å². The van der Waals surface area contributed by atoms with Crippen LogP contribution >= 0.6 is 0 Å². The maximum Gasteiger partial charge on any atom is 0.289 e. The summed E-state index contributed by atoms with van der Waals surface area (Å²) in [6.07, 6.45) is 11.9. The second-order valence-electron chi connectivity index (χ2n) is 7.86. The number of hydrogen-bond acceptors (Lipinski definition) is 4. The molecule has 1 atom stereocenters. The number of likely N-dealkylation sites (tertiary alicyclic amines) is 1. The molecule has 0 spiro atoms. The van der Waals surface area contributed by atoms with Gasteiger partial charge < -0.3 is 14.4 Å². The number of piperidine rings is 1. The highest BCUT2D eigenvalue weighted by atomic mass is 16.2. The molecule has 7 heteroatoms. The van der Waals surface area contributed by atoms with Crippen molar-refractivity contribution in [1.82, 2.24) is 24.3 Å². The normalized spacial score (nSPS) is 19.9. The average Bonchev–Trinajstić information content (AvgIpc) is 3.11. The molecule has 2 amide bonds. The zero-order valence-electron chi connectivity index (χ0n) is 16.3. The van der Waals surface area contributed by atoms with Crippen molar-refractivity contribution in [2.24, 2.45) is 13.0 Å². The van der Waals surface area contributed by atoms with E-state index in [1.165, 1.54) is 0 Å². The number of carbonyl (C=O) groups is 2. The number of imidazole rings is 1. The molecule has 0 bridgehead atoms. The molecule has 1 saturated heterocycles. The topological polar surface area (TPSA) is 71.3 Å². The summed E-state index contributed by atoms with van der Waals surface area (Å²) < 4.78 is 1.75. The number of aryl methyl sites for hydroxylation is 1. The SMILES string of the molecule is Cn1ccnc1C(=O)N1CCCC(N(Cc2cccnc2)C(=O)C2CCC2)C1. The highest BCUT2D eigenvalue weighted by molar-refractivity contribution is 5.91. The number of carbonyl (C=O) groups excluding carboxylic acids is 2. The number of pyridine rings is 1. The lowest BCUT2D eigenvalue weighted by Gasteiger charge is -2.41. The van der Waals surface area contributed by atoms with Gasteiger partial charge in [-0.3, -0.25) is 14.6 Å². The van der Waals surface area contributed by atoms with Gasteiger partial charge in [-0.15, -0.1) is 0 Å².